The van der Waals surface area contributed by atoms with Crippen molar-refractivity contribution in [3.05, 3.63) is 53.6 Å². The number of aliphatic carboxylic acids is 1. The first kappa shape index (κ1) is 14.8. The Morgan fingerprint density at radius 1 is 1.33 bits per heavy atom. The molecule has 1 heterocycles. The Bertz CT molecular complexity index is 606. The van der Waals surface area contributed by atoms with Gasteiger partial charge in [0.25, 0.3) is 5.91 Å². The van der Waals surface area contributed by atoms with Crippen molar-refractivity contribution in [3.8, 4) is 0 Å². The van der Waals surface area contributed by atoms with Crippen LogP contribution in [0.5, 0.6) is 0 Å². The molecule has 6 nitrogen and oxygen atoms in total. The van der Waals surface area contributed by atoms with Crippen LogP contribution < -0.4 is 5.32 Å². The molecule has 0 spiro atoms. The number of benzene rings is 1. The molecule has 0 aliphatic carbocycles. The number of aromatic nitrogens is 2. The van der Waals surface area contributed by atoms with Gasteiger partial charge in [-0.15, -0.1) is 0 Å². The fraction of sp³-hybridized carbons (Fsp3) is 0.267. The summed E-state index contributed by atoms with van der Waals surface area (Å²) in [4.78, 5) is 30.0. The number of hydrogen-bond donors (Lipinski definition) is 3. The molecule has 0 bridgehead atoms. The monoisotopic (exact) mass is 287 g/mol. The number of H-pyrrole nitrogens is 1. The molecule has 2 rings (SSSR count). The molecule has 0 saturated heterocycles. The van der Waals surface area contributed by atoms with Gasteiger partial charge in [-0.05, 0) is 24.1 Å². The lowest BCUT2D eigenvalue weighted by atomic mass is 10.1. The highest BCUT2D eigenvalue weighted by Crippen LogP contribution is 2.06. The quantitative estimate of drug-likeness (QED) is 0.748. The minimum absolute atomic E-state index is 0.161. The average molecular weight is 287 g/mol. The van der Waals surface area contributed by atoms with Gasteiger partial charge in [-0.25, -0.2) is 9.78 Å². The standard InChI is InChI=1S/C15H17N3O3/c1-2-10-3-5-11(6-4-10)14(19)18-13(15(20)21)7-12-8-16-9-17-12/h3-6,8-9,13H,2,7H2,1H3,(H,16,17)(H,18,19)(H,20,21). The van der Waals surface area contributed by atoms with E-state index in [4.69, 9.17) is 0 Å². The van der Waals surface area contributed by atoms with E-state index in [1.54, 1.807) is 12.1 Å². The van der Waals surface area contributed by atoms with Crippen molar-refractivity contribution in [1.82, 2.24) is 15.3 Å². The number of carboxylic acids is 1. The normalized spacial score (nSPS) is 11.9. The number of imidazole rings is 1. The van der Waals surface area contributed by atoms with Crippen molar-refractivity contribution in [2.75, 3.05) is 0 Å². The van der Waals surface area contributed by atoms with Crippen LogP contribution in [-0.4, -0.2) is 33.0 Å². The van der Waals surface area contributed by atoms with Crippen LogP contribution in [0.15, 0.2) is 36.8 Å². The summed E-state index contributed by atoms with van der Waals surface area (Å²) in [6.45, 7) is 2.03. The van der Waals surface area contributed by atoms with Gasteiger partial charge >= 0.3 is 5.97 Å². The summed E-state index contributed by atoms with van der Waals surface area (Å²) in [5, 5.41) is 11.7. The second-order valence-electron chi connectivity index (χ2n) is 4.70. The molecule has 1 amide bonds. The fourth-order valence-electron chi connectivity index (χ4n) is 1.95. The highest BCUT2D eigenvalue weighted by molar-refractivity contribution is 5.96. The predicted molar refractivity (Wildman–Crippen MR) is 77.0 cm³/mol. The lowest BCUT2D eigenvalue weighted by Gasteiger charge is -2.13. The van der Waals surface area contributed by atoms with Gasteiger partial charge in [-0.1, -0.05) is 19.1 Å². The lowest BCUT2D eigenvalue weighted by molar-refractivity contribution is -0.139. The molecule has 0 saturated carbocycles. The zero-order chi connectivity index (χ0) is 15.2. The predicted octanol–water partition coefficient (Wildman–Crippen LogP) is 1.40. The summed E-state index contributed by atoms with van der Waals surface area (Å²) in [5.74, 6) is -1.48. The van der Waals surface area contributed by atoms with E-state index in [0.717, 1.165) is 12.0 Å². The molecule has 110 valence electrons. The Labute approximate surface area is 122 Å². The van der Waals surface area contributed by atoms with Crippen molar-refractivity contribution >= 4 is 11.9 Å². The number of carboxylic acid groups (broad SMARTS) is 1. The first-order valence-corrected chi connectivity index (χ1v) is 6.70. The van der Waals surface area contributed by atoms with E-state index in [1.165, 1.54) is 12.5 Å². The van der Waals surface area contributed by atoms with Crippen molar-refractivity contribution in [3.63, 3.8) is 0 Å². The number of rotatable bonds is 6. The van der Waals surface area contributed by atoms with Gasteiger partial charge in [0, 0.05) is 23.9 Å². The minimum Gasteiger partial charge on any atom is -0.480 e. The molecule has 6 heteroatoms. The van der Waals surface area contributed by atoms with Crippen LogP contribution in [0.1, 0.15) is 28.5 Å². The maximum absolute atomic E-state index is 12.1. The van der Waals surface area contributed by atoms with Gasteiger partial charge < -0.3 is 15.4 Å². The molecule has 21 heavy (non-hydrogen) atoms. The molecule has 0 aliphatic heterocycles. The highest BCUT2D eigenvalue weighted by atomic mass is 16.4. The number of nitrogens with zero attached hydrogens (tertiary/aromatic N) is 1. The van der Waals surface area contributed by atoms with Crippen molar-refractivity contribution in [2.45, 2.75) is 25.8 Å². The molecule has 0 aliphatic rings. The number of carbonyl (C=O) groups excluding carboxylic acids is 1. The second-order valence-corrected chi connectivity index (χ2v) is 4.70. The number of carbonyl (C=O) groups is 2. The average Bonchev–Trinajstić information content (AvgIpc) is 2.99. The summed E-state index contributed by atoms with van der Waals surface area (Å²) in [6, 6.07) is 6.12. The summed E-state index contributed by atoms with van der Waals surface area (Å²) >= 11 is 0. The topological polar surface area (TPSA) is 95.1 Å². The molecule has 1 aromatic carbocycles. The Kier molecular flexibility index (Phi) is 4.71. The molecule has 1 unspecified atom stereocenters. The maximum atomic E-state index is 12.1. The summed E-state index contributed by atoms with van der Waals surface area (Å²) in [5.41, 5.74) is 2.23. The first-order chi connectivity index (χ1) is 10.1. The molecule has 3 N–H and O–H groups in total. The van der Waals surface area contributed by atoms with Crippen LogP contribution >= 0.6 is 0 Å². The maximum Gasteiger partial charge on any atom is 0.326 e. The van der Waals surface area contributed by atoms with E-state index in [1.807, 2.05) is 19.1 Å². The SMILES string of the molecule is CCc1ccc(C(=O)NC(Cc2cnc[nH]2)C(=O)O)cc1. The summed E-state index contributed by atoms with van der Waals surface area (Å²) in [6.07, 6.45) is 4.06. The Hall–Kier alpha value is -2.63. The zero-order valence-electron chi connectivity index (χ0n) is 11.7. The zero-order valence-corrected chi connectivity index (χ0v) is 11.7. The Balaban J connectivity index is 2.05. The first-order valence-electron chi connectivity index (χ1n) is 6.70. The molecule has 1 atom stereocenters. The van der Waals surface area contributed by atoms with Gasteiger partial charge in [0.15, 0.2) is 0 Å². The van der Waals surface area contributed by atoms with Gasteiger partial charge in [0.05, 0.1) is 6.33 Å². The van der Waals surface area contributed by atoms with Crippen LogP contribution in [0.3, 0.4) is 0 Å². The van der Waals surface area contributed by atoms with Crippen molar-refractivity contribution in [1.29, 1.82) is 0 Å². The van der Waals surface area contributed by atoms with E-state index in [0.29, 0.717) is 11.3 Å². The second kappa shape index (κ2) is 6.69. The third kappa shape index (κ3) is 3.92. The minimum atomic E-state index is -1.08. The van der Waals surface area contributed by atoms with E-state index >= 15 is 0 Å². The van der Waals surface area contributed by atoms with Crippen molar-refractivity contribution < 1.29 is 14.7 Å². The number of amides is 1. The van der Waals surface area contributed by atoms with E-state index in [2.05, 4.69) is 15.3 Å². The Morgan fingerprint density at radius 2 is 2.05 bits per heavy atom. The van der Waals surface area contributed by atoms with Gasteiger partial charge in [0.2, 0.25) is 0 Å². The molecular formula is C15H17N3O3. The van der Waals surface area contributed by atoms with Crippen LogP contribution in [0.25, 0.3) is 0 Å². The van der Waals surface area contributed by atoms with Crippen LogP contribution in [-0.2, 0) is 17.6 Å². The fourth-order valence-corrected chi connectivity index (χ4v) is 1.95. The van der Waals surface area contributed by atoms with Crippen LogP contribution in [0.2, 0.25) is 0 Å². The Morgan fingerprint density at radius 3 is 2.57 bits per heavy atom. The molecular weight excluding hydrogens is 270 g/mol. The van der Waals surface area contributed by atoms with Crippen LogP contribution in [0.4, 0.5) is 0 Å². The van der Waals surface area contributed by atoms with E-state index in [9.17, 15) is 14.7 Å². The van der Waals surface area contributed by atoms with E-state index in [-0.39, 0.29) is 6.42 Å². The number of aryl methyl sites for hydroxylation is 1. The van der Waals surface area contributed by atoms with E-state index < -0.39 is 17.9 Å². The van der Waals surface area contributed by atoms with Crippen LogP contribution in [0, 0.1) is 0 Å². The molecule has 0 radical (unpaired) electrons. The third-order valence-electron chi connectivity index (χ3n) is 3.21. The van der Waals surface area contributed by atoms with Gasteiger partial charge in [-0.2, -0.15) is 0 Å². The summed E-state index contributed by atoms with van der Waals surface area (Å²) < 4.78 is 0. The van der Waals surface area contributed by atoms with Gasteiger partial charge in [-0.3, -0.25) is 4.79 Å². The summed E-state index contributed by atoms with van der Waals surface area (Å²) in [7, 11) is 0. The largest absolute Gasteiger partial charge is 0.480 e. The molecule has 2 aromatic rings. The smallest absolute Gasteiger partial charge is 0.326 e. The molecule has 0 fully saturated rings. The number of aromatic amines is 1. The lowest BCUT2D eigenvalue weighted by Crippen LogP contribution is -2.42. The van der Waals surface area contributed by atoms with Crippen molar-refractivity contribution in [2.24, 2.45) is 0 Å². The number of hydrogen-bond acceptors (Lipinski definition) is 3. The third-order valence-corrected chi connectivity index (χ3v) is 3.21. The molecule has 1 aromatic heterocycles. The highest BCUT2D eigenvalue weighted by Gasteiger charge is 2.21. The van der Waals surface area contributed by atoms with Gasteiger partial charge in [0.1, 0.15) is 6.04 Å². The number of nitrogens with one attached hydrogen (secondary N) is 2.